The Morgan fingerprint density at radius 2 is 1.81 bits per heavy atom. The molecule has 0 amide bonds. The SMILES string of the molecule is CCc1ccc(OC(C)c2nnc(SCc3cccc(C)c3)n2CC)cc1. The summed E-state index contributed by atoms with van der Waals surface area (Å²) in [6, 6.07) is 16.8. The van der Waals surface area contributed by atoms with Crippen molar-refractivity contribution in [3.05, 3.63) is 71.0 Å². The Morgan fingerprint density at radius 3 is 2.48 bits per heavy atom. The summed E-state index contributed by atoms with van der Waals surface area (Å²) in [4.78, 5) is 0. The second kappa shape index (κ2) is 9.09. The molecule has 0 aliphatic rings. The van der Waals surface area contributed by atoms with Crippen LogP contribution in [0.4, 0.5) is 0 Å². The fourth-order valence-corrected chi connectivity index (χ4v) is 3.97. The average Bonchev–Trinajstić information content (AvgIpc) is 3.10. The number of aryl methyl sites for hydroxylation is 2. The van der Waals surface area contributed by atoms with Gasteiger partial charge in [-0.25, -0.2) is 0 Å². The van der Waals surface area contributed by atoms with E-state index in [0.29, 0.717) is 0 Å². The standard InChI is InChI=1S/C22H27N3OS/c1-5-18-10-12-20(13-11-18)26-17(4)21-23-24-22(25(21)6-2)27-15-19-9-7-8-16(3)14-19/h7-14,17H,5-6,15H2,1-4H3. The van der Waals surface area contributed by atoms with E-state index >= 15 is 0 Å². The third kappa shape index (κ3) is 4.92. The molecule has 1 heterocycles. The molecule has 1 atom stereocenters. The van der Waals surface area contributed by atoms with Gasteiger partial charge < -0.3 is 9.30 Å². The van der Waals surface area contributed by atoms with Crippen molar-refractivity contribution in [2.24, 2.45) is 0 Å². The van der Waals surface area contributed by atoms with Crippen molar-refractivity contribution in [1.82, 2.24) is 14.8 Å². The summed E-state index contributed by atoms with van der Waals surface area (Å²) in [6.07, 6.45) is 0.875. The van der Waals surface area contributed by atoms with E-state index in [2.05, 4.69) is 71.9 Å². The first kappa shape index (κ1) is 19.5. The summed E-state index contributed by atoms with van der Waals surface area (Å²) in [5, 5.41) is 9.76. The Kier molecular flexibility index (Phi) is 6.56. The minimum atomic E-state index is -0.154. The predicted molar refractivity (Wildman–Crippen MR) is 111 cm³/mol. The van der Waals surface area contributed by atoms with Crippen molar-refractivity contribution < 1.29 is 4.74 Å². The minimum Gasteiger partial charge on any atom is -0.483 e. The predicted octanol–water partition coefficient (Wildman–Crippen LogP) is 5.60. The lowest BCUT2D eigenvalue weighted by Gasteiger charge is -2.16. The van der Waals surface area contributed by atoms with Gasteiger partial charge in [-0.1, -0.05) is 60.6 Å². The highest BCUT2D eigenvalue weighted by Crippen LogP contribution is 2.27. The van der Waals surface area contributed by atoms with Gasteiger partial charge in [-0.05, 0) is 50.5 Å². The Labute approximate surface area is 166 Å². The molecular weight excluding hydrogens is 354 g/mol. The van der Waals surface area contributed by atoms with Crippen LogP contribution in [0, 0.1) is 6.92 Å². The normalized spacial score (nSPS) is 12.1. The number of aromatic nitrogens is 3. The highest BCUT2D eigenvalue weighted by atomic mass is 32.2. The van der Waals surface area contributed by atoms with E-state index in [9.17, 15) is 0 Å². The third-order valence-electron chi connectivity index (χ3n) is 4.52. The zero-order valence-corrected chi connectivity index (χ0v) is 17.3. The molecule has 0 bridgehead atoms. The maximum absolute atomic E-state index is 6.10. The van der Waals surface area contributed by atoms with Gasteiger partial charge in [0.05, 0.1) is 0 Å². The molecular formula is C22H27N3OS. The fraction of sp³-hybridized carbons (Fsp3) is 0.364. The molecule has 0 fully saturated rings. The number of rotatable bonds is 8. The highest BCUT2D eigenvalue weighted by Gasteiger charge is 2.18. The summed E-state index contributed by atoms with van der Waals surface area (Å²) in [6.45, 7) is 9.23. The van der Waals surface area contributed by atoms with Crippen LogP contribution in [0.3, 0.4) is 0 Å². The summed E-state index contributed by atoms with van der Waals surface area (Å²) in [7, 11) is 0. The fourth-order valence-electron chi connectivity index (χ4n) is 3.02. The summed E-state index contributed by atoms with van der Waals surface area (Å²) >= 11 is 1.72. The summed E-state index contributed by atoms with van der Waals surface area (Å²) < 4.78 is 8.25. The highest BCUT2D eigenvalue weighted by molar-refractivity contribution is 7.98. The van der Waals surface area contributed by atoms with Gasteiger partial charge in [0.25, 0.3) is 0 Å². The molecule has 0 aliphatic carbocycles. The Bertz CT molecular complexity index is 874. The van der Waals surface area contributed by atoms with E-state index < -0.39 is 0 Å². The van der Waals surface area contributed by atoms with Crippen LogP contribution in [0.1, 0.15) is 49.4 Å². The average molecular weight is 382 g/mol. The second-order valence-electron chi connectivity index (χ2n) is 6.62. The van der Waals surface area contributed by atoms with Gasteiger partial charge in [-0.2, -0.15) is 0 Å². The van der Waals surface area contributed by atoms with E-state index in [1.54, 1.807) is 11.8 Å². The lowest BCUT2D eigenvalue weighted by Crippen LogP contribution is -2.12. The molecule has 3 aromatic rings. The number of ether oxygens (including phenoxy) is 1. The number of hydrogen-bond acceptors (Lipinski definition) is 4. The Balaban J connectivity index is 1.70. The van der Waals surface area contributed by atoms with E-state index in [0.717, 1.165) is 35.4 Å². The van der Waals surface area contributed by atoms with Gasteiger partial charge in [0.1, 0.15) is 5.75 Å². The molecule has 1 aromatic heterocycles. The smallest absolute Gasteiger partial charge is 0.191 e. The molecule has 0 saturated heterocycles. The quantitative estimate of drug-likeness (QED) is 0.476. The number of hydrogen-bond donors (Lipinski definition) is 0. The number of thioether (sulfide) groups is 1. The molecule has 2 aromatic carbocycles. The van der Waals surface area contributed by atoms with Crippen LogP contribution in [0.15, 0.2) is 53.7 Å². The van der Waals surface area contributed by atoms with E-state index in [1.165, 1.54) is 16.7 Å². The van der Waals surface area contributed by atoms with Crippen LogP contribution >= 0.6 is 11.8 Å². The molecule has 27 heavy (non-hydrogen) atoms. The van der Waals surface area contributed by atoms with Crippen molar-refractivity contribution in [2.75, 3.05) is 0 Å². The molecule has 0 N–H and O–H groups in total. The Morgan fingerprint density at radius 1 is 1.04 bits per heavy atom. The number of nitrogens with zero attached hydrogens (tertiary/aromatic N) is 3. The first-order valence-electron chi connectivity index (χ1n) is 9.47. The van der Waals surface area contributed by atoms with E-state index in [-0.39, 0.29) is 6.10 Å². The lowest BCUT2D eigenvalue weighted by molar-refractivity contribution is 0.210. The lowest BCUT2D eigenvalue weighted by atomic mass is 10.2. The van der Waals surface area contributed by atoms with Crippen LogP contribution in [-0.4, -0.2) is 14.8 Å². The third-order valence-corrected chi connectivity index (χ3v) is 5.56. The molecule has 0 aliphatic heterocycles. The molecule has 0 saturated carbocycles. The molecule has 1 unspecified atom stereocenters. The van der Waals surface area contributed by atoms with Gasteiger partial charge in [0, 0.05) is 12.3 Å². The molecule has 142 valence electrons. The van der Waals surface area contributed by atoms with Crippen molar-refractivity contribution in [2.45, 2.75) is 57.7 Å². The Hall–Kier alpha value is -2.27. The largest absolute Gasteiger partial charge is 0.483 e. The first-order valence-corrected chi connectivity index (χ1v) is 10.5. The molecule has 0 radical (unpaired) electrons. The maximum Gasteiger partial charge on any atom is 0.191 e. The first-order chi connectivity index (χ1) is 13.1. The van der Waals surface area contributed by atoms with Gasteiger partial charge in [-0.15, -0.1) is 10.2 Å². The van der Waals surface area contributed by atoms with Gasteiger partial charge in [0.2, 0.25) is 0 Å². The maximum atomic E-state index is 6.10. The van der Waals surface area contributed by atoms with E-state index in [1.807, 2.05) is 19.1 Å². The molecule has 4 nitrogen and oxygen atoms in total. The van der Waals surface area contributed by atoms with Crippen molar-refractivity contribution >= 4 is 11.8 Å². The molecule has 3 rings (SSSR count). The van der Waals surface area contributed by atoms with Gasteiger partial charge in [0.15, 0.2) is 17.1 Å². The minimum absolute atomic E-state index is 0.154. The van der Waals surface area contributed by atoms with Crippen molar-refractivity contribution in [3.63, 3.8) is 0 Å². The van der Waals surface area contributed by atoms with Gasteiger partial charge in [-0.3, -0.25) is 0 Å². The van der Waals surface area contributed by atoms with Crippen LogP contribution in [0.2, 0.25) is 0 Å². The van der Waals surface area contributed by atoms with Crippen LogP contribution in [0.25, 0.3) is 0 Å². The van der Waals surface area contributed by atoms with Crippen LogP contribution in [0.5, 0.6) is 5.75 Å². The zero-order valence-electron chi connectivity index (χ0n) is 16.5. The van der Waals surface area contributed by atoms with Crippen molar-refractivity contribution in [3.8, 4) is 5.75 Å². The topological polar surface area (TPSA) is 39.9 Å². The monoisotopic (exact) mass is 381 g/mol. The molecule has 0 spiro atoms. The summed E-state index contributed by atoms with van der Waals surface area (Å²) in [5.41, 5.74) is 3.89. The van der Waals surface area contributed by atoms with Gasteiger partial charge >= 0.3 is 0 Å². The van der Waals surface area contributed by atoms with Crippen molar-refractivity contribution in [1.29, 1.82) is 0 Å². The van der Waals surface area contributed by atoms with E-state index in [4.69, 9.17) is 4.74 Å². The van der Waals surface area contributed by atoms with Crippen LogP contribution < -0.4 is 4.74 Å². The summed E-state index contributed by atoms with van der Waals surface area (Å²) in [5.74, 6) is 2.61. The second-order valence-corrected chi connectivity index (χ2v) is 7.56. The zero-order chi connectivity index (χ0) is 19.2. The number of benzene rings is 2. The van der Waals surface area contributed by atoms with Crippen LogP contribution in [-0.2, 0) is 18.7 Å². The molecule has 5 heteroatoms.